The van der Waals surface area contributed by atoms with Crippen molar-refractivity contribution in [2.24, 2.45) is 10.9 Å². The largest absolute Gasteiger partial charge is 0.409 e. The van der Waals surface area contributed by atoms with Crippen molar-refractivity contribution in [1.29, 1.82) is 0 Å². The minimum Gasteiger partial charge on any atom is -0.409 e. The number of amidine groups is 1. The molecule has 3 N–H and O–H groups in total. The second-order valence-electron chi connectivity index (χ2n) is 4.93. The Kier molecular flexibility index (Phi) is 6.54. The van der Waals surface area contributed by atoms with Crippen LogP contribution in [0.2, 0.25) is 0 Å². The normalized spacial score (nSPS) is 21.1. The van der Waals surface area contributed by atoms with Crippen molar-refractivity contribution in [2.45, 2.75) is 64.3 Å². The highest BCUT2D eigenvalue weighted by Crippen LogP contribution is 2.19. The minimum absolute atomic E-state index is 0.141. The van der Waals surface area contributed by atoms with Gasteiger partial charge < -0.3 is 15.8 Å². The Hall–Kier alpha value is -1.26. The van der Waals surface area contributed by atoms with Gasteiger partial charge in [-0.3, -0.25) is 4.79 Å². The summed E-state index contributed by atoms with van der Waals surface area (Å²) in [5, 5.41) is 11.8. The molecular formula is C13H25N3O2. The number of hydrogen-bond acceptors (Lipinski definition) is 3. The lowest BCUT2D eigenvalue weighted by Crippen LogP contribution is -2.50. The monoisotopic (exact) mass is 255 g/mol. The third-order valence-electron chi connectivity index (χ3n) is 3.52. The summed E-state index contributed by atoms with van der Waals surface area (Å²) in [6, 6.07) is -0.206. The summed E-state index contributed by atoms with van der Waals surface area (Å²) < 4.78 is 0. The average molecular weight is 255 g/mol. The molecule has 1 atom stereocenters. The molecule has 0 aliphatic carbocycles. The number of amides is 1. The maximum absolute atomic E-state index is 12.1. The predicted molar refractivity (Wildman–Crippen MR) is 71.5 cm³/mol. The Labute approximate surface area is 109 Å². The van der Waals surface area contributed by atoms with E-state index in [0.29, 0.717) is 6.42 Å². The smallest absolute Gasteiger partial charge is 0.223 e. The van der Waals surface area contributed by atoms with Crippen LogP contribution in [0.1, 0.15) is 58.3 Å². The van der Waals surface area contributed by atoms with Gasteiger partial charge in [0.25, 0.3) is 0 Å². The fourth-order valence-corrected chi connectivity index (χ4v) is 2.45. The maximum atomic E-state index is 12.1. The molecule has 18 heavy (non-hydrogen) atoms. The molecule has 0 spiro atoms. The lowest BCUT2D eigenvalue weighted by molar-refractivity contribution is -0.133. The van der Waals surface area contributed by atoms with Gasteiger partial charge in [-0.1, -0.05) is 31.3 Å². The van der Waals surface area contributed by atoms with E-state index in [9.17, 15) is 4.79 Å². The Morgan fingerprint density at radius 3 is 2.83 bits per heavy atom. The van der Waals surface area contributed by atoms with E-state index in [1.165, 1.54) is 12.8 Å². The van der Waals surface area contributed by atoms with Crippen LogP contribution < -0.4 is 5.73 Å². The number of oxime groups is 1. The highest BCUT2D eigenvalue weighted by Gasteiger charge is 2.29. The molecule has 104 valence electrons. The van der Waals surface area contributed by atoms with E-state index in [1.54, 1.807) is 4.90 Å². The zero-order chi connectivity index (χ0) is 13.4. The van der Waals surface area contributed by atoms with Gasteiger partial charge in [0.2, 0.25) is 5.91 Å². The first kappa shape index (κ1) is 14.8. The highest BCUT2D eigenvalue weighted by molar-refractivity contribution is 5.90. The van der Waals surface area contributed by atoms with Crippen LogP contribution in [0.3, 0.4) is 0 Å². The maximum Gasteiger partial charge on any atom is 0.223 e. The molecule has 1 rings (SSSR count). The molecule has 0 radical (unpaired) electrons. The van der Waals surface area contributed by atoms with Gasteiger partial charge in [0.15, 0.2) is 5.84 Å². The van der Waals surface area contributed by atoms with E-state index in [1.807, 2.05) is 0 Å². The van der Waals surface area contributed by atoms with Crippen LogP contribution in [0, 0.1) is 0 Å². The molecule has 0 aromatic heterocycles. The van der Waals surface area contributed by atoms with Crippen LogP contribution in [0.4, 0.5) is 0 Å². The quantitative estimate of drug-likeness (QED) is 0.251. The number of piperidine rings is 1. The second kappa shape index (κ2) is 7.95. The summed E-state index contributed by atoms with van der Waals surface area (Å²) in [7, 11) is 0. The number of carbonyl (C=O) groups is 1. The predicted octanol–water partition coefficient (Wildman–Crippen LogP) is 2.08. The number of hydrogen-bond donors (Lipinski definition) is 2. The van der Waals surface area contributed by atoms with Crippen LogP contribution in [-0.4, -0.2) is 34.4 Å². The van der Waals surface area contributed by atoms with Crippen molar-refractivity contribution in [3.8, 4) is 0 Å². The van der Waals surface area contributed by atoms with E-state index in [-0.39, 0.29) is 17.8 Å². The first-order valence-corrected chi connectivity index (χ1v) is 6.97. The third-order valence-corrected chi connectivity index (χ3v) is 3.52. The molecular weight excluding hydrogens is 230 g/mol. The highest BCUT2D eigenvalue weighted by atomic mass is 16.4. The van der Waals surface area contributed by atoms with Crippen LogP contribution in [0.25, 0.3) is 0 Å². The standard InChI is InChI=1S/C13H25N3O2/c1-2-3-4-5-9-12(17)16-10-7-6-8-11(16)13(14)15-18/h11,18H,2-10H2,1H3,(H2,14,15). The lowest BCUT2D eigenvalue weighted by atomic mass is 10.00. The van der Waals surface area contributed by atoms with E-state index in [0.717, 1.165) is 38.6 Å². The van der Waals surface area contributed by atoms with Gasteiger partial charge >= 0.3 is 0 Å². The average Bonchev–Trinajstić information content (AvgIpc) is 2.42. The molecule has 5 heteroatoms. The Morgan fingerprint density at radius 2 is 2.17 bits per heavy atom. The fraction of sp³-hybridized carbons (Fsp3) is 0.846. The molecule has 0 aromatic rings. The number of nitrogens with two attached hydrogens (primary N) is 1. The molecule has 1 heterocycles. The van der Waals surface area contributed by atoms with E-state index < -0.39 is 0 Å². The van der Waals surface area contributed by atoms with Gasteiger partial charge in [0.05, 0.1) is 6.04 Å². The number of likely N-dealkylation sites (tertiary alicyclic amines) is 1. The van der Waals surface area contributed by atoms with Crippen LogP contribution in [0.5, 0.6) is 0 Å². The number of carbonyl (C=O) groups excluding carboxylic acids is 1. The van der Waals surface area contributed by atoms with Crippen LogP contribution >= 0.6 is 0 Å². The summed E-state index contributed by atoms with van der Waals surface area (Å²) in [5.74, 6) is 0.305. The molecule has 1 aliphatic rings. The van der Waals surface area contributed by atoms with Crippen molar-refractivity contribution in [3.05, 3.63) is 0 Å². The zero-order valence-electron chi connectivity index (χ0n) is 11.3. The Balaban J connectivity index is 2.47. The van der Waals surface area contributed by atoms with Crippen molar-refractivity contribution >= 4 is 11.7 Å². The van der Waals surface area contributed by atoms with E-state index in [4.69, 9.17) is 10.9 Å². The van der Waals surface area contributed by atoms with Gasteiger partial charge in [0.1, 0.15) is 0 Å². The summed E-state index contributed by atoms with van der Waals surface area (Å²) >= 11 is 0. The fourth-order valence-electron chi connectivity index (χ4n) is 2.45. The van der Waals surface area contributed by atoms with Crippen molar-refractivity contribution in [3.63, 3.8) is 0 Å². The van der Waals surface area contributed by atoms with Gasteiger partial charge in [0, 0.05) is 13.0 Å². The van der Waals surface area contributed by atoms with Gasteiger partial charge in [-0.25, -0.2) is 0 Å². The molecule has 1 fully saturated rings. The minimum atomic E-state index is -0.206. The zero-order valence-corrected chi connectivity index (χ0v) is 11.3. The van der Waals surface area contributed by atoms with Gasteiger partial charge in [-0.2, -0.15) is 0 Å². The van der Waals surface area contributed by atoms with Crippen molar-refractivity contribution in [1.82, 2.24) is 4.90 Å². The first-order valence-electron chi connectivity index (χ1n) is 6.97. The number of rotatable bonds is 6. The summed E-state index contributed by atoms with van der Waals surface area (Å²) in [4.78, 5) is 13.9. The molecule has 5 nitrogen and oxygen atoms in total. The molecule has 0 bridgehead atoms. The van der Waals surface area contributed by atoms with Crippen LogP contribution in [0.15, 0.2) is 5.16 Å². The topological polar surface area (TPSA) is 78.9 Å². The lowest BCUT2D eigenvalue weighted by Gasteiger charge is -2.34. The summed E-state index contributed by atoms with van der Waals surface area (Å²) in [6.07, 6.45) is 7.81. The molecule has 0 saturated carbocycles. The molecule has 1 amide bonds. The van der Waals surface area contributed by atoms with Gasteiger partial charge in [-0.15, -0.1) is 0 Å². The molecule has 1 unspecified atom stereocenters. The first-order chi connectivity index (χ1) is 8.70. The Bertz CT molecular complexity index is 292. The number of unbranched alkanes of at least 4 members (excludes halogenated alkanes) is 3. The molecule has 1 saturated heterocycles. The van der Waals surface area contributed by atoms with Crippen molar-refractivity contribution in [2.75, 3.05) is 6.54 Å². The summed E-state index contributed by atoms with van der Waals surface area (Å²) in [5.41, 5.74) is 5.66. The molecule has 0 aromatic carbocycles. The SMILES string of the molecule is CCCCCCC(=O)N1CCCCC1C(N)=NO. The van der Waals surface area contributed by atoms with Crippen LogP contribution in [-0.2, 0) is 4.79 Å². The molecule has 1 aliphatic heterocycles. The third kappa shape index (κ3) is 4.20. The van der Waals surface area contributed by atoms with Crippen molar-refractivity contribution < 1.29 is 10.0 Å². The van der Waals surface area contributed by atoms with Gasteiger partial charge in [-0.05, 0) is 25.7 Å². The Morgan fingerprint density at radius 1 is 1.39 bits per heavy atom. The number of nitrogens with zero attached hydrogens (tertiary/aromatic N) is 2. The summed E-state index contributed by atoms with van der Waals surface area (Å²) in [6.45, 7) is 2.88. The van der Waals surface area contributed by atoms with E-state index in [2.05, 4.69) is 12.1 Å². The second-order valence-corrected chi connectivity index (χ2v) is 4.93. The van der Waals surface area contributed by atoms with E-state index >= 15 is 0 Å².